The van der Waals surface area contributed by atoms with Crippen LogP contribution in [-0.4, -0.2) is 11.6 Å². The zero-order chi connectivity index (χ0) is 12.9. The summed E-state index contributed by atoms with van der Waals surface area (Å²) in [4.78, 5) is 24.3. The van der Waals surface area contributed by atoms with E-state index < -0.39 is 5.78 Å². The predicted octanol–water partition coefficient (Wildman–Crippen LogP) is 3.35. The molecule has 0 unspecified atom stereocenters. The van der Waals surface area contributed by atoms with Gasteiger partial charge in [-0.25, -0.2) is 0 Å². The van der Waals surface area contributed by atoms with Gasteiger partial charge in [-0.3, -0.25) is 9.59 Å². The number of carbonyl (C=O) groups is 2. The molecule has 0 amide bonds. The normalized spacial score (nSPS) is 13.2. The fraction of sp³-hybridized carbons (Fsp3) is 0.125. The molecule has 0 radical (unpaired) electrons. The predicted molar refractivity (Wildman–Crippen MR) is 70.0 cm³/mol. The number of ketones is 2. The lowest BCUT2D eigenvalue weighted by molar-refractivity contribution is 0.0815. The molecule has 1 aliphatic carbocycles. The molecule has 0 aromatic heterocycles. The Balaban J connectivity index is 2.42. The van der Waals surface area contributed by atoms with Gasteiger partial charge in [-0.15, -0.1) is 0 Å². The highest BCUT2D eigenvalue weighted by Gasteiger charge is 2.31. The van der Waals surface area contributed by atoms with Crippen LogP contribution < -0.4 is 0 Å². The molecule has 3 rings (SSSR count). The number of aryl methyl sites for hydroxylation is 2. The molecule has 88 valence electrons. The fourth-order valence-electron chi connectivity index (χ4n) is 2.51. The van der Waals surface area contributed by atoms with E-state index in [9.17, 15) is 9.59 Å². The summed E-state index contributed by atoms with van der Waals surface area (Å²) in [5, 5.41) is 0. The smallest absolute Gasteiger partial charge is 0.234 e. The molecule has 0 aliphatic heterocycles. The van der Waals surface area contributed by atoms with Crippen molar-refractivity contribution in [1.82, 2.24) is 0 Å². The van der Waals surface area contributed by atoms with Crippen molar-refractivity contribution in [2.45, 2.75) is 13.8 Å². The van der Waals surface area contributed by atoms with Gasteiger partial charge in [0.2, 0.25) is 11.6 Å². The van der Waals surface area contributed by atoms with Crippen molar-refractivity contribution >= 4 is 11.6 Å². The third-order valence-corrected chi connectivity index (χ3v) is 3.42. The van der Waals surface area contributed by atoms with E-state index in [-0.39, 0.29) is 5.78 Å². The molecule has 0 atom stereocenters. The Bertz CT molecular complexity index is 696. The van der Waals surface area contributed by atoms with Gasteiger partial charge in [0.25, 0.3) is 0 Å². The molecule has 2 nitrogen and oxygen atoms in total. The highest BCUT2D eigenvalue weighted by molar-refractivity contribution is 6.53. The van der Waals surface area contributed by atoms with E-state index in [1.165, 1.54) is 0 Å². The first-order valence-electron chi connectivity index (χ1n) is 5.89. The fourth-order valence-corrected chi connectivity index (χ4v) is 2.51. The Labute approximate surface area is 105 Å². The summed E-state index contributed by atoms with van der Waals surface area (Å²) in [6.07, 6.45) is 0. The molecule has 0 spiro atoms. The largest absolute Gasteiger partial charge is 0.285 e. The van der Waals surface area contributed by atoms with Gasteiger partial charge in [0.15, 0.2) is 0 Å². The summed E-state index contributed by atoms with van der Waals surface area (Å²) >= 11 is 0. The summed E-state index contributed by atoms with van der Waals surface area (Å²) in [7, 11) is 0. The minimum Gasteiger partial charge on any atom is -0.285 e. The van der Waals surface area contributed by atoms with Crippen LogP contribution in [0.3, 0.4) is 0 Å². The van der Waals surface area contributed by atoms with Crippen LogP contribution in [0.1, 0.15) is 31.8 Å². The first kappa shape index (κ1) is 10.9. The second-order valence-electron chi connectivity index (χ2n) is 4.70. The number of hydrogen-bond acceptors (Lipinski definition) is 2. The first-order chi connectivity index (χ1) is 8.59. The second kappa shape index (κ2) is 3.64. The summed E-state index contributed by atoms with van der Waals surface area (Å²) < 4.78 is 0. The molecule has 2 heteroatoms. The van der Waals surface area contributed by atoms with Crippen LogP contribution in [0.4, 0.5) is 0 Å². The van der Waals surface area contributed by atoms with Gasteiger partial charge in [-0.1, -0.05) is 35.9 Å². The molecule has 18 heavy (non-hydrogen) atoms. The Kier molecular flexibility index (Phi) is 2.20. The van der Waals surface area contributed by atoms with Crippen molar-refractivity contribution in [3.05, 3.63) is 58.7 Å². The van der Waals surface area contributed by atoms with Crippen molar-refractivity contribution < 1.29 is 9.59 Å². The van der Waals surface area contributed by atoms with Crippen LogP contribution in [0.15, 0.2) is 36.4 Å². The van der Waals surface area contributed by atoms with E-state index in [1.54, 1.807) is 6.07 Å². The van der Waals surface area contributed by atoms with Crippen molar-refractivity contribution in [3.8, 4) is 11.1 Å². The average Bonchev–Trinajstić information content (AvgIpc) is 2.35. The number of rotatable bonds is 0. The lowest BCUT2D eigenvalue weighted by Gasteiger charge is -2.19. The van der Waals surface area contributed by atoms with Crippen molar-refractivity contribution in [2.24, 2.45) is 0 Å². The molecule has 0 heterocycles. The molecule has 0 N–H and O–H groups in total. The summed E-state index contributed by atoms with van der Waals surface area (Å²) in [6, 6.07) is 11.4. The minimum atomic E-state index is -0.393. The van der Waals surface area contributed by atoms with E-state index in [1.807, 2.05) is 44.2 Å². The van der Waals surface area contributed by atoms with Gasteiger partial charge < -0.3 is 0 Å². The maximum absolute atomic E-state index is 12.2. The maximum Gasteiger partial charge on any atom is 0.234 e. The topological polar surface area (TPSA) is 34.1 Å². The molecule has 0 saturated heterocycles. The van der Waals surface area contributed by atoms with Gasteiger partial charge in [0.05, 0.1) is 0 Å². The molecule has 0 bridgehead atoms. The van der Waals surface area contributed by atoms with Gasteiger partial charge in [0.1, 0.15) is 0 Å². The molecule has 2 aromatic rings. The SMILES string of the molecule is Cc1ccc2c(c1)C(=O)C(=O)c1c(C)cccc1-2. The van der Waals surface area contributed by atoms with Crippen molar-refractivity contribution in [1.29, 1.82) is 0 Å². The molecular weight excluding hydrogens is 224 g/mol. The van der Waals surface area contributed by atoms with Crippen LogP contribution in [-0.2, 0) is 0 Å². The van der Waals surface area contributed by atoms with Gasteiger partial charge in [0, 0.05) is 11.1 Å². The van der Waals surface area contributed by atoms with Gasteiger partial charge >= 0.3 is 0 Å². The first-order valence-corrected chi connectivity index (χ1v) is 5.89. The van der Waals surface area contributed by atoms with Crippen LogP contribution >= 0.6 is 0 Å². The van der Waals surface area contributed by atoms with E-state index in [4.69, 9.17) is 0 Å². The molecule has 2 aromatic carbocycles. The van der Waals surface area contributed by atoms with Gasteiger partial charge in [-0.2, -0.15) is 0 Å². The van der Waals surface area contributed by atoms with Crippen molar-refractivity contribution in [2.75, 3.05) is 0 Å². The minimum absolute atomic E-state index is 0.388. The summed E-state index contributed by atoms with van der Waals surface area (Å²) in [5.41, 5.74) is 4.67. The Hall–Kier alpha value is -2.22. The monoisotopic (exact) mass is 236 g/mol. The summed E-state index contributed by atoms with van der Waals surface area (Å²) in [5.74, 6) is -0.781. The Morgan fingerprint density at radius 2 is 1.56 bits per heavy atom. The zero-order valence-electron chi connectivity index (χ0n) is 10.3. The van der Waals surface area contributed by atoms with Crippen LogP contribution in [0, 0.1) is 13.8 Å². The second-order valence-corrected chi connectivity index (χ2v) is 4.70. The number of carbonyl (C=O) groups excluding carboxylic acids is 2. The summed E-state index contributed by atoms with van der Waals surface area (Å²) in [6.45, 7) is 3.78. The van der Waals surface area contributed by atoms with Crippen LogP contribution in [0.25, 0.3) is 11.1 Å². The van der Waals surface area contributed by atoms with Crippen LogP contribution in [0.2, 0.25) is 0 Å². The zero-order valence-corrected chi connectivity index (χ0v) is 10.3. The highest BCUT2D eigenvalue weighted by Crippen LogP contribution is 2.35. The molecule has 0 saturated carbocycles. The van der Waals surface area contributed by atoms with Gasteiger partial charge in [-0.05, 0) is 36.6 Å². The number of Topliss-reactive ketones (excluding diaryl/α,β-unsaturated/α-hetero) is 2. The van der Waals surface area contributed by atoms with Crippen LogP contribution in [0.5, 0.6) is 0 Å². The molecule has 1 aliphatic rings. The maximum atomic E-state index is 12.2. The van der Waals surface area contributed by atoms with E-state index in [0.717, 1.165) is 22.3 Å². The third-order valence-electron chi connectivity index (χ3n) is 3.42. The number of benzene rings is 2. The van der Waals surface area contributed by atoms with E-state index in [2.05, 4.69) is 0 Å². The number of fused-ring (bicyclic) bond motifs is 3. The highest BCUT2D eigenvalue weighted by atomic mass is 16.2. The number of hydrogen-bond donors (Lipinski definition) is 0. The van der Waals surface area contributed by atoms with Crippen molar-refractivity contribution in [3.63, 3.8) is 0 Å². The third kappa shape index (κ3) is 1.35. The average molecular weight is 236 g/mol. The lowest BCUT2D eigenvalue weighted by Crippen LogP contribution is -2.22. The Morgan fingerprint density at radius 3 is 2.33 bits per heavy atom. The standard InChI is InChI=1S/C16H12O2/c1-9-6-7-11-12-5-3-4-10(2)14(12)16(18)15(17)13(11)8-9/h3-8H,1-2H3. The molecule has 0 fully saturated rings. The van der Waals surface area contributed by atoms with E-state index in [0.29, 0.717) is 11.1 Å². The molecular formula is C16H12O2. The van der Waals surface area contributed by atoms with E-state index >= 15 is 0 Å². The Morgan fingerprint density at radius 1 is 0.778 bits per heavy atom. The quantitative estimate of drug-likeness (QED) is 0.657. The lowest BCUT2D eigenvalue weighted by atomic mass is 9.81.